The predicted molar refractivity (Wildman–Crippen MR) is 90.2 cm³/mol. The molecule has 2 N–H and O–H groups in total. The van der Waals surface area contributed by atoms with Crippen LogP contribution in [0.5, 0.6) is 0 Å². The second-order valence-corrected chi connectivity index (χ2v) is 6.48. The van der Waals surface area contributed by atoms with Gasteiger partial charge in [-0.2, -0.15) is 11.8 Å². The number of nitrogens with two attached hydrogens (primary N) is 1. The Labute approximate surface area is 130 Å². The lowest BCUT2D eigenvalue weighted by molar-refractivity contribution is 0.656. The number of benzene rings is 2. The van der Waals surface area contributed by atoms with Crippen molar-refractivity contribution < 1.29 is 0 Å². The summed E-state index contributed by atoms with van der Waals surface area (Å²) >= 11 is 7.82. The minimum Gasteiger partial charge on any atom is -0.323 e. The second kappa shape index (κ2) is 7.72. The Morgan fingerprint density at radius 1 is 1.05 bits per heavy atom. The fourth-order valence-corrected chi connectivity index (χ4v) is 3.47. The SMILES string of the molecule is CCC(SCc1ccc(Cl)cc1)C(N)c1ccccc1. The van der Waals surface area contributed by atoms with E-state index in [4.69, 9.17) is 17.3 Å². The summed E-state index contributed by atoms with van der Waals surface area (Å²) in [5.74, 6) is 0.968. The third-order valence-corrected chi connectivity index (χ3v) is 5.17. The predicted octanol–water partition coefficient (Wildman–Crippen LogP) is 5.05. The van der Waals surface area contributed by atoms with Crippen LogP contribution < -0.4 is 5.73 Å². The Morgan fingerprint density at radius 3 is 2.30 bits per heavy atom. The van der Waals surface area contributed by atoms with Gasteiger partial charge in [-0.3, -0.25) is 0 Å². The largest absolute Gasteiger partial charge is 0.323 e. The van der Waals surface area contributed by atoms with Gasteiger partial charge in [-0.25, -0.2) is 0 Å². The first-order valence-corrected chi connectivity index (χ1v) is 8.30. The summed E-state index contributed by atoms with van der Waals surface area (Å²) in [7, 11) is 0. The first-order chi connectivity index (χ1) is 9.70. The summed E-state index contributed by atoms with van der Waals surface area (Å²) in [6, 6.07) is 18.5. The van der Waals surface area contributed by atoms with E-state index in [0.717, 1.165) is 17.2 Å². The van der Waals surface area contributed by atoms with Gasteiger partial charge < -0.3 is 5.73 Å². The molecule has 0 bridgehead atoms. The molecule has 0 fully saturated rings. The zero-order valence-electron chi connectivity index (χ0n) is 11.6. The lowest BCUT2D eigenvalue weighted by atomic mass is 10.0. The van der Waals surface area contributed by atoms with E-state index in [9.17, 15) is 0 Å². The number of rotatable bonds is 6. The Morgan fingerprint density at radius 2 is 1.70 bits per heavy atom. The van der Waals surface area contributed by atoms with E-state index in [2.05, 4.69) is 31.2 Å². The minimum absolute atomic E-state index is 0.0819. The van der Waals surface area contributed by atoms with Gasteiger partial charge in [0.2, 0.25) is 0 Å². The molecule has 0 radical (unpaired) electrons. The topological polar surface area (TPSA) is 26.0 Å². The highest BCUT2D eigenvalue weighted by atomic mass is 35.5. The fraction of sp³-hybridized carbons (Fsp3) is 0.294. The van der Waals surface area contributed by atoms with Crippen molar-refractivity contribution in [2.24, 2.45) is 5.73 Å². The molecule has 0 heterocycles. The van der Waals surface area contributed by atoms with Crippen LogP contribution in [-0.2, 0) is 5.75 Å². The van der Waals surface area contributed by atoms with Gasteiger partial charge in [-0.15, -0.1) is 0 Å². The average Bonchev–Trinajstić information content (AvgIpc) is 2.50. The van der Waals surface area contributed by atoms with Crippen molar-refractivity contribution in [2.45, 2.75) is 30.4 Å². The molecular weight excluding hydrogens is 286 g/mol. The molecule has 2 aromatic rings. The Balaban J connectivity index is 1.97. The molecule has 3 heteroatoms. The normalized spacial score (nSPS) is 13.9. The molecule has 1 nitrogen and oxygen atoms in total. The molecule has 106 valence electrons. The third-order valence-electron chi connectivity index (χ3n) is 3.36. The maximum atomic E-state index is 6.40. The van der Waals surface area contributed by atoms with Gasteiger partial charge in [-0.1, -0.05) is 61.0 Å². The standard InChI is InChI=1S/C17H20ClNS/c1-2-16(17(19)14-6-4-3-5-7-14)20-12-13-8-10-15(18)11-9-13/h3-11,16-17H,2,12,19H2,1H3. The van der Waals surface area contributed by atoms with Crippen molar-refractivity contribution in [1.29, 1.82) is 0 Å². The van der Waals surface area contributed by atoms with Gasteiger partial charge in [-0.05, 0) is 29.7 Å². The van der Waals surface area contributed by atoms with Crippen LogP contribution in [0, 0.1) is 0 Å². The summed E-state index contributed by atoms with van der Waals surface area (Å²) in [6.07, 6.45) is 1.06. The zero-order chi connectivity index (χ0) is 14.4. The average molecular weight is 306 g/mol. The van der Waals surface area contributed by atoms with Gasteiger partial charge in [0.1, 0.15) is 0 Å². The Kier molecular flexibility index (Phi) is 5.96. The third kappa shape index (κ3) is 4.27. The monoisotopic (exact) mass is 305 g/mol. The maximum absolute atomic E-state index is 6.40. The van der Waals surface area contributed by atoms with Crippen molar-refractivity contribution in [2.75, 3.05) is 0 Å². The van der Waals surface area contributed by atoms with E-state index in [1.54, 1.807) is 0 Å². The van der Waals surface area contributed by atoms with Crippen LogP contribution in [0.2, 0.25) is 5.02 Å². The summed E-state index contributed by atoms with van der Waals surface area (Å²) in [5, 5.41) is 1.21. The van der Waals surface area contributed by atoms with Crippen LogP contribution in [0.4, 0.5) is 0 Å². The number of thioether (sulfide) groups is 1. The van der Waals surface area contributed by atoms with Crippen LogP contribution in [0.3, 0.4) is 0 Å². The van der Waals surface area contributed by atoms with E-state index in [1.807, 2.05) is 42.1 Å². The molecular formula is C17H20ClNS. The number of hydrogen-bond donors (Lipinski definition) is 1. The lowest BCUT2D eigenvalue weighted by Crippen LogP contribution is -2.23. The highest BCUT2D eigenvalue weighted by Crippen LogP contribution is 2.30. The first-order valence-electron chi connectivity index (χ1n) is 6.87. The fourth-order valence-electron chi connectivity index (χ4n) is 2.15. The maximum Gasteiger partial charge on any atom is 0.0415 e. The summed E-state index contributed by atoms with van der Waals surface area (Å²) in [4.78, 5) is 0. The van der Waals surface area contributed by atoms with Crippen molar-refractivity contribution in [1.82, 2.24) is 0 Å². The van der Waals surface area contributed by atoms with E-state index >= 15 is 0 Å². The van der Waals surface area contributed by atoms with Crippen molar-refractivity contribution in [3.63, 3.8) is 0 Å². The number of hydrogen-bond acceptors (Lipinski definition) is 2. The van der Waals surface area contributed by atoms with Gasteiger partial charge in [0.15, 0.2) is 0 Å². The van der Waals surface area contributed by atoms with Crippen LogP contribution in [0.25, 0.3) is 0 Å². The van der Waals surface area contributed by atoms with Gasteiger partial charge in [0, 0.05) is 22.1 Å². The summed E-state index contributed by atoms with van der Waals surface area (Å²) in [6.45, 7) is 2.20. The van der Waals surface area contributed by atoms with Crippen molar-refractivity contribution in [3.05, 3.63) is 70.7 Å². The second-order valence-electron chi connectivity index (χ2n) is 4.82. The van der Waals surface area contributed by atoms with Crippen molar-refractivity contribution in [3.8, 4) is 0 Å². The first kappa shape index (κ1) is 15.4. The molecule has 0 saturated carbocycles. The van der Waals surface area contributed by atoms with Crippen LogP contribution in [0.1, 0.15) is 30.5 Å². The molecule has 0 spiro atoms. The minimum atomic E-state index is 0.0819. The van der Waals surface area contributed by atoms with E-state index in [1.165, 1.54) is 11.1 Å². The van der Waals surface area contributed by atoms with Gasteiger partial charge >= 0.3 is 0 Å². The Bertz CT molecular complexity index is 512. The molecule has 0 amide bonds. The zero-order valence-corrected chi connectivity index (χ0v) is 13.2. The molecule has 20 heavy (non-hydrogen) atoms. The highest BCUT2D eigenvalue weighted by Gasteiger charge is 2.18. The highest BCUT2D eigenvalue weighted by molar-refractivity contribution is 7.99. The molecule has 0 saturated heterocycles. The van der Waals surface area contributed by atoms with Gasteiger partial charge in [0.05, 0.1) is 0 Å². The number of halogens is 1. The van der Waals surface area contributed by atoms with Crippen LogP contribution >= 0.6 is 23.4 Å². The molecule has 2 rings (SSSR count). The van der Waals surface area contributed by atoms with Crippen LogP contribution in [0.15, 0.2) is 54.6 Å². The summed E-state index contributed by atoms with van der Waals surface area (Å²) in [5.41, 5.74) is 8.90. The molecule has 0 aliphatic rings. The quantitative estimate of drug-likeness (QED) is 0.808. The molecule has 2 unspecified atom stereocenters. The smallest absolute Gasteiger partial charge is 0.0415 e. The lowest BCUT2D eigenvalue weighted by Gasteiger charge is -2.22. The van der Waals surface area contributed by atoms with Crippen molar-refractivity contribution >= 4 is 23.4 Å². The summed E-state index contributed by atoms with van der Waals surface area (Å²) < 4.78 is 0. The molecule has 2 aromatic carbocycles. The van der Waals surface area contributed by atoms with E-state index < -0.39 is 0 Å². The van der Waals surface area contributed by atoms with E-state index in [0.29, 0.717) is 5.25 Å². The van der Waals surface area contributed by atoms with Gasteiger partial charge in [0.25, 0.3) is 0 Å². The molecule has 2 atom stereocenters. The van der Waals surface area contributed by atoms with E-state index in [-0.39, 0.29) is 6.04 Å². The molecule has 0 aliphatic carbocycles. The van der Waals surface area contributed by atoms with Crippen LogP contribution in [-0.4, -0.2) is 5.25 Å². The molecule has 0 aliphatic heterocycles. The Hall–Kier alpha value is -0.960. The molecule has 0 aromatic heterocycles.